The van der Waals surface area contributed by atoms with Crippen LogP contribution in [0, 0.1) is 5.92 Å². The van der Waals surface area contributed by atoms with Gasteiger partial charge < -0.3 is 14.7 Å². The maximum atomic E-state index is 12.9. The SMILES string of the molecule is C[C@H]1C[C@H]2CN(C(=O)c3ccnc4ccccc34)CC[C@H]2O1.O=C(O)C(F)(F)F. The van der Waals surface area contributed by atoms with E-state index in [2.05, 4.69) is 11.9 Å². The van der Waals surface area contributed by atoms with Crippen LogP contribution in [0.2, 0.25) is 0 Å². The molecule has 29 heavy (non-hydrogen) atoms. The number of pyridine rings is 1. The Bertz CT molecular complexity index is 897. The fourth-order valence-corrected chi connectivity index (χ4v) is 3.83. The van der Waals surface area contributed by atoms with E-state index in [1.54, 1.807) is 6.20 Å². The van der Waals surface area contributed by atoms with Gasteiger partial charge in [0.15, 0.2) is 0 Å². The number of carbonyl (C=O) groups excluding carboxylic acids is 1. The first-order valence-electron chi connectivity index (χ1n) is 9.25. The molecule has 0 bridgehead atoms. The number of hydrogen-bond acceptors (Lipinski definition) is 4. The van der Waals surface area contributed by atoms with Crippen molar-refractivity contribution in [3.8, 4) is 0 Å². The molecule has 3 heterocycles. The molecule has 2 aromatic rings. The van der Waals surface area contributed by atoms with Crippen molar-refractivity contribution in [2.24, 2.45) is 5.92 Å². The third-order valence-electron chi connectivity index (χ3n) is 5.12. The maximum Gasteiger partial charge on any atom is 0.490 e. The number of aliphatic carboxylic acids is 1. The highest BCUT2D eigenvalue weighted by Crippen LogP contribution is 2.33. The van der Waals surface area contributed by atoms with E-state index in [-0.39, 0.29) is 5.91 Å². The summed E-state index contributed by atoms with van der Waals surface area (Å²) in [6, 6.07) is 9.67. The van der Waals surface area contributed by atoms with Crippen molar-refractivity contribution >= 4 is 22.8 Å². The van der Waals surface area contributed by atoms with Crippen molar-refractivity contribution < 1.29 is 32.6 Å². The van der Waals surface area contributed by atoms with Crippen LogP contribution in [-0.4, -0.2) is 58.3 Å². The molecule has 9 heteroatoms. The largest absolute Gasteiger partial charge is 0.490 e. The lowest BCUT2D eigenvalue weighted by atomic mass is 9.92. The molecule has 2 fully saturated rings. The smallest absolute Gasteiger partial charge is 0.475 e. The van der Waals surface area contributed by atoms with Crippen LogP contribution in [0.4, 0.5) is 13.2 Å². The fraction of sp³-hybridized carbons (Fsp3) is 0.450. The van der Waals surface area contributed by atoms with Gasteiger partial charge in [0.05, 0.1) is 23.3 Å². The van der Waals surface area contributed by atoms with Crippen LogP contribution >= 0.6 is 0 Å². The van der Waals surface area contributed by atoms with Crippen LogP contribution in [0.15, 0.2) is 36.5 Å². The van der Waals surface area contributed by atoms with Crippen LogP contribution < -0.4 is 0 Å². The van der Waals surface area contributed by atoms with Gasteiger partial charge in [0.1, 0.15) is 0 Å². The molecule has 0 spiro atoms. The van der Waals surface area contributed by atoms with Crippen LogP contribution in [0.1, 0.15) is 30.1 Å². The number of carboxylic acids is 1. The lowest BCUT2D eigenvalue weighted by Crippen LogP contribution is -2.44. The zero-order valence-electron chi connectivity index (χ0n) is 15.7. The number of ether oxygens (including phenoxy) is 1. The number of piperidine rings is 1. The zero-order chi connectivity index (χ0) is 21.2. The molecule has 1 N–H and O–H groups in total. The number of hydrogen-bond donors (Lipinski definition) is 1. The number of para-hydroxylation sites is 1. The van der Waals surface area contributed by atoms with Gasteiger partial charge in [0.2, 0.25) is 0 Å². The first-order chi connectivity index (χ1) is 13.7. The number of aromatic nitrogens is 1. The number of likely N-dealkylation sites (tertiary alicyclic amines) is 1. The molecule has 1 aromatic heterocycles. The Hall–Kier alpha value is -2.68. The number of carbonyl (C=O) groups is 2. The van der Waals surface area contributed by atoms with E-state index < -0.39 is 12.1 Å². The highest BCUT2D eigenvalue weighted by molar-refractivity contribution is 6.06. The van der Waals surface area contributed by atoms with Gasteiger partial charge in [-0.1, -0.05) is 18.2 Å². The molecule has 0 radical (unpaired) electrons. The highest BCUT2D eigenvalue weighted by Gasteiger charge is 2.39. The molecule has 2 aliphatic heterocycles. The van der Waals surface area contributed by atoms with Gasteiger partial charge in [0, 0.05) is 30.6 Å². The number of carboxylic acid groups (broad SMARTS) is 1. The predicted octanol–water partition coefficient (Wildman–Crippen LogP) is 3.51. The summed E-state index contributed by atoms with van der Waals surface area (Å²) in [6.45, 7) is 3.72. The molecule has 2 saturated heterocycles. The normalized spacial score (nSPS) is 23.9. The quantitative estimate of drug-likeness (QED) is 0.778. The van der Waals surface area contributed by atoms with Crippen LogP contribution in [0.5, 0.6) is 0 Å². The van der Waals surface area contributed by atoms with Gasteiger partial charge in [-0.3, -0.25) is 9.78 Å². The van der Waals surface area contributed by atoms with Gasteiger partial charge in [-0.05, 0) is 31.9 Å². The number of nitrogens with zero attached hydrogens (tertiary/aromatic N) is 2. The summed E-state index contributed by atoms with van der Waals surface area (Å²) >= 11 is 0. The van der Waals surface area contributed by atoms with Crippen molar-refractivity contribution in [2.45, 2.75) is 38.1 Å². The second-order valence-corrected chi connectivity index (χ2v) is 7.20. The Kier molecular flexibility index (Phi) is 6.07. The van der Waals surface area contributed by atoms with E-state index in [9.17, 15) is 18.0 Å². The fourth-order valence-electron chi connectivity index (χ4n) is 3.83. The topological polar surface area (TPSA) is 79.7 Å². The molecule has 0 saturated carbocycles. The Morgan fingerprint density at radius 3 is 2.62 bits per heavy atom. The molecule has 1 aromatic carbocycles. The Balaban J connectivity index is 0.000000298. The molecular formula is C20H21F3N2O4. The average molecular weight is 410 g/mol. The number of benzene rings is 1. The number of fused-ring (bicyclic) bond motifs is 2. The van der Waals surface area contributed by atoms with Crippen molar-refractivity contribution in [1.82, 2.24) is 9.88 Å². The second kappa shape index (κ2) is 8.36. The molecule has 156 valence electrons. The van der Waals surface area contributed by atoms with Gasteiger partial charge in [0.25, 0.3) is 5.91 Å². The summed E-state index contributed by atoms with van der Waals surface area (Å²) in [7, 11) is 0. The minimum atomic E-state index is -5.08. The van der Waals surface area contributed by atoms with Gasteiger partial charge in [-0.2, -0.15) is 13.2 Å². The van der Waals surface area contributed by atoms with E-state index in [4.69, 9.17) is 14.6 Å². The van der Waals surface area contributed by atoms with Crippen LogP contribution in [0.3, 0.4) is 0 Å². The average Bonchev–Trinajstić information content (AvgIpc) is 3.06. The van der Waals surface area contributed by atoms with Crippen molar-refractivity contribution in [2.75, 3.05) is 13.1 Å². The lowest BCUT2D eigenvalue weighted by molar-refractivity contribution is -0.192. The Morgan fingerprint density at radius 1 is 1.24 bits per heavy atom. The van der Waals surface area contributed by atoms with Crippen molar-refractivity contribution in [3.63, 3.8) is 0 Å². The van der Waals surface area contributed by atoms with E-state index >= 15 is 0 Å². The standard InChI is InChI=1S/C18H20N2O2.C2HF3O2/c1-12-10-13-11-20(9-7-17(13)22-12)18(21)15-6-8-19-16-5-3-2-4-14(15)16;3-2(4,5)1(6)7/h2-6,8,12-13,17H,7,9-11H2,1H3;(H,6,7)/t12-,13-,17+;/m0./s1. The first kappa shape index (κ1) is 21.0. The molecule has 0 unspecified atom stereocenters. The number of alkyl halides is 3. The summed E-state index contributed by atoms with van der Waals surface area (Å²) in [6.07, 6.45) is -0.682. The van der Waals surface area contributed by atoms with Gasteiger partial charge >= 0.3 is 12.1 Å². The molecule has 3 atom stereocenters. The third kappa shape index (κ3) is 4.84. The van der Waals surface area contributed by atoms with E-state index in [1.807, 2.05) is 35.2 Å². The number of rotatable bonds is 1. The lowest BCUT2D eigenvalue weighted by Gasteiger charge is -2.34. The van der Waals surface area contributed by atoms with Crippen LogP contribution in [0.25, 0.3) is 10.9 Å². The summed E-state index contributed by atoms with van der Waals surface area (Å²) in [5, 5.41) is 8.06. The van der Waals surface area contributed by atoms with Gasteiger partial charge in [-0.25, -0.2) is 4.79 Å². The summed E-state index contributed by atoms with van der Waals surface area (Å²) < 4.78 is 37.7. The summed E-state index contributed by atoms with van der Waals surface area (Å²) in [5.74, 6) is -2.15. The zero-order valence-corrected chi connectivity index (χ0v) is 15.7. The minimum absolute atomic E-state index is 0.122. The molecular weight excluding hydrogens is 389 g/mol. The third-order valence-corrected chi connectivity index (χ3v) is 5.12. The predicted molar refractivity (Wildman–Crippen MR) is 98.4 cm³/mol. The molecule has 0 aliphatic carbocycles. The second-order valence-electron chi connectivity index (χ2n) is 7.20. The van der Waals surface area contributed by atoms with Crippen LogP contribution in [-0.2, 0) is 9.53 Å². The van der Waals surface area contributed by atoms with Gasteiger partial charge in [-0.15, -0.1) is 0 Å². The number of amides is 1. The highest BCUT2D eigenvalue weighted by atomic mass is 19.4. The Labute approximate surface area is 165 Å². The summed E-state index contributed by atoms with van der Waals surface area (Å²) in [4.78, 5) is 28.2. The first-order valence-corrected chi connectivity index (χ1v) is 9.25. The minimum Gasteiger partial charge on any atom is -0.475 e. The monoisotopic (exact) mass is 410 g/mol. The molecule has 4 rings (SSSR count). The van der Waals surface area contributed by atoms with E-state index in [1.165, 1.54) is 0 Å². The number of halogens is 3. The molecule has 1 amide bonds. The van der Waals surface area contributed by atoms with E-state index in [0.717, 1.165) is 42.4 Å². The van der Waals surface area contributed by atoms with E-state index in [0.29, 0.717) is 18.1 Å². The molecule has 6 nitrogen and oxygen atoms in total. The van der Waals surface area contributed by atoms with Crippen molar-refractivity contribution in [1.29, 1.82) is 0 Å². The Morgan fingerprint density at radius 2 is 1.93 bits per heavy atom. The summed E-state index contributed by atoms with van der Waals surface area (Å²) in [5.41, 5.74) is 1.64. The molecule has 2 aliphatic rings. The maximum absolute atomic E-state index is 12.9. The van der Waals surface area contributed by atoms with Crippen molar-refractivity contribution in [3.05, 3.63) is 42.1 Å².